The molecule has 0 fully saturated rings. The van der Waals surface area contributed by atoms with E-state index in [4.69, 9.17) is 15.5 Å². The maximum absolute atomic E-state index is 8.92. The molecule has 1 aromatic rings. The molecule has 0 spiro atoms. The predicted octanol–water partition coefficient (Wildman–Crippen LogP) is 1.17. The van der Waals surface area contributed by atoms with E-state index in [0.29, 0.717) is 5.56 Å². The van der Waals surface area contributed by atoms with Crippen molar-refractivity contribution in [1.29, 1.82) is 5.26 Å². The normalized spacial score (nSPS) is 9.92. The van der Waals surface area contributed by atoms with Gasteiger partial charge in [0.2, 0.25) is 0 Å². The van der Waals surface area contributed by atoms with Gasteiger partial charge in [0.05, 0.1) is 11.8 Å². The molecule has 1 rings (SSSR count). The second-order valence-electron chi connectivity index (χ2n) is 2.20. The third-order valence-electron chi connectivity index (χ3n) is 1.43. The second kappa shape index (κ2) is 5.65. The van der Waals surface area contributed by atoms with Crippen molar-refractivity contribution in [2.75, 3.05) is 0 Å². The van der Waals surface area contributed by atoms with Gasteiger partial charge in [-0.05, 0) is 29.8 Å². The van der Waals surface area contributed by atoms with Gasteiger partial charge in [-0.2, -0.15) is 5.26 Å². The van der Waals surface area contributed by atoms with E-state index in [1.54, 1.807) is 12.1 Å². The van der Waals surface area contributed by atoms with Crippen molar-refractivity contribution in [3.05, 3.63) is 36.1 Å². The molecule has 0 aliphatic carbocycles. The molecule has 0 saturated carbocycles. The molecule has 0 heterocycles. The summed E-state index contributed by atoms with van der Waals surface area (Å²) in [6.45, 7) is 0. The maximum atomic E-state index is 8.92. The van der Waals surface area contributed by atoms with Gasteiger partial charge < -0.3 is 10.2 Å². The van der Waals surface area contributed by atoms with E-state index in [0.717, 1.165) is 6.26 Å². The van der Waals surface area contributed by atoms with Crippen LogP contribution in [0.4, 0.5) is 0 Å². The zero-order valence-corrected chi connectivity index (χ0v) is 6.23. The number of benzene rings is 1. The van der Waals surface area contributed by atoms with Crippen molar-refractivity contribution in [2.45, 2.75) is 0 Å². The van der Waals surface area contributed by atoms with E-state index in [2.05, 4.69) is 0 Å². The Morgan fingerprint density at radius 2 is 1.85 bits per heavy atom. The number of hydrogen-bond acceptors (Lipinski definition) is 3. The van der Waals surface area contributed by atoms with Crippen molar-refractivity contribution in [1.82, 2.24) is 0 Å². The summed E-state index contributed by atoms with van der Waals surface area (Å²) in [5.74, 6) is 0.133. The SMILES string of the molecule is N#CC(=CO)c1ccc(O)cc1.[NaH]. The fraction of sp³-hybridized carbons (Fsp3) is 0. The Labute approximate surface area is 98.2 Å². The predicted molar refractivity (Wildman–Crippen MR) is 51.5 cm³/mol. The van der Waals surface area contributed by atoms with Gasteiger partial charge in [0.15, 0.2) is 0 Å². The molecule has 3 nitrogen and oxygen atoms in total. The zero-order chi connectivity index (χ0) is 8.97. The monoisotopic (exact) mass is 185 g/mol. The molecule has 0 unspecified atom stereocenters. The number of hydrogen-bond donors (Lipinski definition) is 2. The summed E-state index contributed by atoms with van der Waals surface area (Å²) in [4.78, 5) is 0. The van der Waals surface area contributed by atoms with Crippen molar-refractivity contribution in [2.24, 2.45) is 0 Å². The van der Waals surface area contributed by atoms with Gasteiger partial charge in [0, 0.05) is 0 Å². The number of nitriles is 1. The van der Waals surface area contributed by atoms with Crippen LogP contribution >= 0.6 is 0 Å². The van der Waals surface area contributed by atoms with Gasteiger partial charge in [0.25, 0.3) is 0 Å². The third kappa shape index (κ3) is 3.11. The average Bonchev–Trinajstić information content (AvgIpc) is 2.10. The molecule has 1 aromatic carbocycles. The topological polar surface area (TPSA) is 64.2 Å². The number of aromatic hydroxyl groups is 1. The Morgan fingerprint density at radius 1 is 1.31 bits per heavy atom. The number of rotatable bonds is 1. The Kier molecular flexibility index (Phi) is 5.24. The van der Waals surface area contributed by atoms with E-state index in [9.17, 15) is 0 Å². The number of phenols is 1. The van der Waals surface area contributed by atoms with Crippen LogP contribution in [0.2, 0.25) is 0 Å². The molecule has 2 N–H and O–H groups in total. The summed E-state index contributed by atoms with van der Waals surface area (Å²) in [5.41, 5.74) is 0.757. The zero-order valence-electron chi connectivity index (χ0n) is 6.23. The first kappa shape index (κ1) is 12.0. The molecule has 0 amide bonds. The fourth-order valence-electron chi connectivity index (χ4n) is 0.809. The molecule has 0 bridgehead atoms. The average molecular weight is 185 g/mol. The molecule has 0 atom stereocenters. The van der Waals surface area contributed by atoms with Gasteiger partial charge in [-0.1, -0.05) is 0 Å². The third-order valence-corrected chi connectivity index (χ3v) is 1.43. The molecule has 0 aliphatic heterocycles. The summed E-state index contributed by atoms with van der Waals surface area (Å²) in [6, 6.07) is 7.84. The number of allylic oxidation sites excluding steroid dienone is 1. The summed E-state index contributed by atoms with van der Waals surface area (Å²) < 4.78 is 0. The molecule has 0 saturated heterocycles. The Hall–Kier alpha value is -0.950. The number of nitrogens with zero attached hydrogens (tertiary/aromatic N) is 1. The van der Waals surface area contributed by atoms with Crippen LogP contribution in [0.1, 0.15) is 5.56 Å². The van der Waals surface area contributed by atoms with E-state index in [1.807, 2.05) is 6.07 Å². The fourth-order valence-corrected chi connectivity index (χ4v) is 0.809. The van der Waals surface area contributed by atoms with Crippen molar-refractivity contribution in [3.8, 4) is 11.8 Å². The molecule has 0 radical (unpaired) electrons. The molecule has 62 valence electrons. The van der Waals surface area contributed by atoms with Crippen LogP contribution in [-0.2, 0) is 0 Å². The number of aliphatic hydroxyl groups is 1. The Morgan fingerprint density at radius 3 is 2.23 bits per heavy atom. The molecule has 13 heavy (non-hydrogen) atoms. The van der Waals surface area contributed by atoms with Crippen LogP contribution in [0.15, 0.2) is 30.5 Å². The van der Waals surface area contributed by atoms with Crippen LogP contribution in [0.5, 0.6) is 5.75 Å². The Balaban J connectivity index is 0.00000144. The Bertz CT molecular complexity index is 338. The van der Waals surface area contributed by atoms with Gasteiger partial charge in [0.1, 0.15) is 11.8 Å². The van der Waals surface area contributed by atoms with Gasteiger partial charge in [-0.3, -0.25) is 0 Å². The minimum atomic E-state index is 0. The van der Waals surface area contributed by atoms with Gasteiger partial charge >= 0.3 is 29.6 Å². The summed E-state index contributed by atoms with van der Waals surface area (Å²) in [7, 11) is 0. The van der Waals surface area contributed by atoms with Crippen LogP contribution < -0.4 is 0 Å². The van der Waals surface area contributed by atoms with E-state index in [-0.39, 0.29) is 40.9 Å². The number of aliphatic hydroxyl groups excluding tert-OH is 1. The standard InChI is InChI=1S/C9H7NO2.Na.H/c10-5-8(6-11)7-1-3-9(12)4-2-7;;/h1-4,6,11-12H;;. The summed E-state index contributed by atoms with van der Waals surface area (Å²) >= 11 is 0. The first-order chi connectivity index (χ1) is 5.77. The number of phenolic OH excluding ortho intramolecular Hbond substituents is 1. The first-order valence-corrected chi connectivity index (χ1v) is 3.32. The second-order valence-corrected chi connectivity index (χ2v) is 2.20. The molecule has 0 aliphatic rings. The van der Waals surface area contributed by atoms with Gasteiger partial charge in [-0.25, -0.2) is 0 Å². The summed E-state index contributed by atoms with van der Waals surface area (Å²) in [6.07, 6.45) is 0.742. The van der Waals surface area contributed by atoms with E-state index in [1.165, 1.54) is 12.1 Å². The van der Waals surface area contributed by atoms with Crippen molar-refractivity contribution < 1.29 is 10.2 Å². The van der Waals surface area contributed by atoms with Crippen molar-refractivity contribution in [3.63, 3.8) is 0 Å². The molecule has 0 aromatic heterocycles. The van der Waals surface area contributed by atoms with Gasteiger partial charge in [-0.15, -0.1) is 0 Å². The van der Waals surface area contributed by atoms with Crippen LogP contribution in [0.25, 0.3) is 5.57 Å². The van der Waals surface area contributed by atoms with E-state index < -0.39 is 0 Å². The molecule has 4 heteroatoms. The molecular weight excluding hydrogens is 177 g/mol. The van der Waals surface area contributed by atoms with Crippen LogP contribution in [-0.4, -0.2) is 39.8 Å². The minimum absolute atomic E-state index is 0. The summed E-state index contributed by atoms with van der Waals surface area (Å²) in [5, 5.41) is 26.0. The first-order valence-electron chi connectivity index (χ1n) is 3.32. The van der Waals surface area contributed by atoms with Crippen molar-refractivity contribution >= 4 is 35.1 Å². The quantitative estimate of drug-likeness (QED) is 0.392. The van der Waals surface area contributed by atoms with Crippen LogP contribution in [0, 0.1) is 11.3 Å². The van der Waals surface area contributed by atoms with Crippen LogP contribution in [0.3, 0.4) is 0 Å². The molecular formula is C9H8NNaO2. The van der Waals surface area contributed by atoms with E-state index >= 15 is 0 Å².